The lowest BCUT2D eigenvalue weighted by molar-refractivity contribution is -0.139. The van der Waals surface area contributed by atoms with Crippen LogP contribution in [-0.4, -0.2) is 77.3 Å². The van der Waals surface area contributed by atoms with Crippen molar-refractivity contribution in [1.29, 1.82) is 0 Å². The van der Waals surface area contributed by atoms with E-state index in [1.165, 1.54) is 6.42 Å². The normalized spacial score (nSPS) is 24.1. The van der Waals surface area contributed by atoms with Crippen molar-refractivity contribution in [3.8, 4) is 5.75 Å². The lowest BCUT2D eigenvalue weighted by Gasteiger charge is -2.39. The molecule has 3 fully saturated rings. The maximum absolute atomic E-state index is 13.0. The van der Waals surface area contributed by atoms with Crippen LogP contribution < -0.4 is 4.74 Å². The molecule has 3 saturated heterocycles. The van der Waals surface area contributed by atoms with Crippen LogP contribution in [0, 0.1) is 5.92 Å². The Morgan fingerprint density at radius 1 is 0.794 bits per heavy atom. The molecule has 0 N–H and O–H groups in total. The molecule has 0 radical (unpaired) electrons. The molecule has 3 aliphatic rings. The van der Waals surface area contributed by atoms with E-state index in [4.69, 9.17) is 4.74 Å². The average Bonchev–Trinajstić information content (AvgIpc) is 2.87. The first kappa shape index (κ1) is 24.6. The van der Waals surface area contributed by atoms with E-state index in [1.807, 2.05) is 14.7 Å². The fourth-order valence-electron chi connectivity index (χ4n) is 5.71. The van der Waals surface area contributed by atoms with Gasteiger partial charge in [0, 0.05) is 49.7 Å². The smallest absolute Gasteiger partial charge is 0.260 e. The van der Waals surface area contributed by atoms with Gasteiger partial charge in [-0.3, -0.25) is 14.4 Å². The summed E-state index contributed by atoms with van der Waals surface area (Å²) in [5.74, 6) is 0.911. The summed E-state index contributed by atoms with van der Waals surface area (Å²) in [6.45, 7) is 7.20. The van der Waals surface area contributed by atoms with Crippen LogP contribution in [0.25, 0.3) is 0 Å². The number of benzene rings is 1. The molecule has 7 nitrogen and oxygen atoms in total. The Balaban J connectivity index is 1.25. The summed E-state index contributed by atoms with van der Waals surface area (Å²) in [4.78, 5) is 44.2. The van der Waals surface area contributed by atoms with Crippen molar-refractivity contribution in [2.75, 3.05) is 32.8 Å². The molecule has 4 rings (SSSR count). The van der Waals surface area contributed by atoms with Gasteiger partial charge >= 0.3 is 0 Å². The number of ether oxygens (including phenoxy) is 1. The molecule has 0 bridgehead atoms. The predicted octanol–water partition coefficient (Wildman–Crippen LogP) is 3.72. The summed E-state index contributed by atoms with van der Waals surface area (Å²) < 4.78 is 5.74. The summed E-state index contributed by atoms with van der Waals surface area (Å²) in [6, 6.07) is 7.54. The standard InChI is InChI=1S/C27H39N3O4/c1-20-7-6-8-21(2)30(20)25(31)19-34-24-11-9-22(10-12-24)26(32)29-17-13-23(14-18-29)27(33)28-15-4-3-5-16-28/h9-12,20-21,23H,3-8,13-19H2,1-2H3/t20-,21-/m0/s1. The van der Waals surface area contributed by atoms with E-state index in [-0.39, 0.29) is 42.3 Å². The van der Waals surface area contributed by atoms with Crippen molar-refractivity contribution in [1.82, 2.24) is 14.7 Å². The lowest BCUT2D eigenvalue weighted by Crippen LogP contribution is -2.49. The van der Waals surface area contributed by atoms with Crippen LogP contribution in [0.3, 0.4) is 0 Å². The Bertz CT molecular complexity index is 847. The zero-order chi connectivity index (χ0) is 24.1. The molecule has 7 heteroatoms. The molecule has 34 heavy (non-hydrogen) atoms. The number of nitrogens with zero attached hydrogens (tertiary/aromatic N) is 3. The van der Waals surface area contributed by atoms with E-state index >= 15 is 0 Å². The van der Waals surface area contributed by atoms with Gasteiger partial charge in [-0.2, -0.15) is 0 Å². The van der Waals surface area contributed by atoms with Gasteiger partial charge in [-0.15, -0.1) is 0 Å². The van der Waals surface area contributed by atoms with Gasteiger partial charge in [-0.05, 0) is 89.5 Å². The van der Waals surface area contributed by atoms with Crippen LogP contribution in [0.4, 0.5) is 0 Å². The zero-order valence-electron chi connectivity index (χ0n) is 20.7. The second-order valence-electron chi connectivity index (χ2n) is 10.2. The highest BCUT2D eigenvalue weighted by molar-refractivity contribution is 5.94. The maximum Gasteiger partial charge on any atom is 0.260 e. The van der Waals surface area contributed by atoms with Gasteiger partial charge in [0.15, 0.2) is 6.61 Å². The number of hydrogen-bond acceptors (Lipinski definition) is 4. The Labute approximate surface area is 203 Å². The van der Waals surface area contributed by atoms with Crippen LogP contribution in [-0.2, 0) is 9.59 Å². The third kappa shape index (κ3) is 5.73. The highest BCUT2D eigenvalue weighted by atomic mass is 16.5. The lowest BCUT2D eigenvalue weighted by atomic mass is 9.94. The van der Waals surface area contributed by atoms with E-state index in [2.05, 4.69) is 13.8 Å². The number of likely N-dealkylation sites (tertiary alicyclic amines) is 3. The summed E-state index contributed by atoms with van der Waals surface area (Å²) >= 11 is 0. The minimum atomic E-state index is -0.0116. The van der Waals surface area contributed by atoms with E-state index in [9.17, 15) is 14.4 Å². The van der Waals surface area contributed by atoms with Crippen molar-refractivity contribution >= 4 is 17.7 Å². The molecule has 0 saturated carbocycles. The van der Waals surface area contributed by atoms with Crippen molar-refractivity contribution in [2.24, 2.45) is 5.92 Å². The van der Waals surface area contributed by atoms with E-state index < -0.39 is 0 Å². The van der Waals surface area contributed by atoms with Crippen LogP contribution in [0.2, 0.25) is 0 Å². The molecule has 1 aromatic rings. The molecule has 0 aromatic heterocycles. The van der Waals surface area contributed by atoms with Gasteiger partial charge in [-0.1, -0.05) is 0 Å². The summed E-state index contributed by atoms with van der Waals surface area (Å²) in [5.41, 5.74) is 0.609. The van der Waals surface area contributed by atoms with E-state index in [0.29, 0.717) is 24.4 Å². The fourth-order valence-corrected chi connectivity index (χ4v) is 5.71. The molecular weight excluding hydrogens is 430 g/mol. The number of carbonyl (C=O) groups is 3. The molecule has 3 aliphatic heterocycles. The first-order valence-electron chi connectivity index (χ1n) is 13.1. The van der Waals surface area contributed by atoms with Crippen LogP contribution in [0.1, 0.15) is 75.6 Å². The third-order valence-electron chi connectivity index (χ3n) is 7.74. The van der Waals surface area contributed by atoms with Crippen molar-refractivity contribution in [2.45, 2.75) is 77.3 Å². The van der Waals surface area contributed by atoms with Gasteiger partial charge < -0.3 is 19.4 Å². The number of rotatable bonds is 5. The quantitative estimate of drug-likeness (QED) is 0.659. The molecular formula is C27H39N3O4. The molecule has 3 amide bonds. The SMILES string of the molecule is C[C@H]1CCC[C@H](C)N1C(=O)COc1ccc(C(=O)N2CCC(C(=O)N3CCCCC3)CC2)cc1. The predicted molar refractivity (Wildman–Crippen MR) is 131 cm³/mol. The Morgan fingerprint density at radius 2 is 1.41 bits per heavy atom. The highest BCUT2D eigenvalue weighted by Crippen LogP contribution is 2.25. The third-order valence-corrected chi connectivity index (χ3v) is 7.74. The summed E-state index contributed by atoms with van der Waals surface area (Å²) in [7, 11) is 0. The minimum Gasteiger partial charge on any atom is -0.484 e. The van der Waals surface area contributed by atoms with Crippen molar-refractivity contribution < 1.29 is 19.1 Å². The largest absolute Gasteiger partial charge is 0.484 e. The molecule has 1 aromatic carbocycles. The second kappa shape index (κ2) is 11.2. The number of carbonyl (C=O) groups excluding carboxylic acids is 3. The molecule has 0 unspecified atom stereocenters. The zero-order valence-corrected chi connectivity index (χ0v) is 20.7. The van der Waals surface area contributed by atoms with Crippen molar-refractivity contribution in [3.63, 3.8) is 0 Å². The first-order chi connectivity index (χ1) is 16.4. The summed E-state index contributed by atoms with van der Waals surface area (Å²) in [6.07, 6.45) is 8.13. The Kier molecular flexibility index (Phi) is 8.11. The van der Waals surface area contributed by atoms with E-state index in [1.54, 1.807) is 24.3 Å². The second-order valence-corrected chi connectivity index (χ2v) is 10.2. The molecule has 0 spiro atoms. The molecule has 0 aliphatic carbocycles. The van der Waals surface area contributed by atoms with Gasteiger partial charge in [0.1, 0.15) is 5.75 Å². The number of hydrogen-bond donors (Lipinski definition) is 0. The summed E-state index contributed by atoms with van der Waals surface area (Å²) in [5, 5.41) is 0. The topological polar surface area (TPSA) is 70.2 Å². The van der Waals surface area contributed by atoms with Gasteiger partial charge in [0.2, 0.25) is 5.91 Å². The van der Waals surface area contributed by atoms with Gasteiger partial charge in [0.05, 0.1) is 0 Å². The fraction of sp³-hybridized carbons (Fsp3) is 0.667. The van der Waals surface area contributed by atoms with Crippen LogP contribution >= 0.6 is 0 Å². The molecule has 3 heterocycles. The van der Waals surface area contributed by atoms with Crippen LogP contribution in [0.15, 0.2) is 24.3 Å². The van der Waals surface area contributed by atoms with Crippen molar-refractivity contribution in [3.05, 3.63) is 29.8 Å². The number of piperidine rings is 3. The Morgan fingerprint density at radius 3 is 2.03 bits per heavy atom. The first-order valence-corrected chi connectivity index (χ1v) is 13.1. The minimum absolute atomic E-state index is 0.0116. The monoisotopic (exact) mass is 469 g/mol. The molecule has 2 atom stereocenters. The number of amides is 3. The van der Waals surface area contributed by atoms with Gasteiger partial charge in [-0.25, -0.2) is 0 Å². The van der Waals surface area contributed by atoms with Crippen LogP contribution in [0.5, 0.6) is 5.75 Å². The van der Waals surface area contributed by atoms with Gasteiger partial charge in [0.25, 0.3) is 11.8 Å². The maximum atomic E-state index is 13.0. The average molecular weight is 470 g/mol. The Hall–Kier alpha value is -2.57. The van der Waals surface area contributed by atoms with E-state index in [0.717, 1.165) is 58.0 Å². The molecule has 186 valence electrons. The highest BCUT2D eigenvalue weighted by Gasteiger charge is 2.31.